The molecule has 2 aromatic rings. The van der Waals surface area contributed by atoms with E-state index in [9.17, 15) is 0 Å². The number of amidine groups is 2. The fourth-order valence-electron chi connectivity index (χ4n) is 4.84. The second-order valence-corrected chi connectivity index (χ2v) is 10.3. The molecule has 2 fully saturated rings. The lowest BCUT2D eigenvalue weighted by Gasteiger charge is -2.21. The van der Waals surface area contributed by atoms with Crippen molar-refractivity contribution in [1.82, 2.24) is 9.88 Å². The predicted molar refractivity (Wildman–Crippen MR) is 123 cm³/mol. The topological polar surface area (TPSA) is 82.1 Å². The summed E-state index contributed by atoms with van der Waals surface area (Å²) in [6, 6.07) is 8.41. The van der Waals surface area contributed by atoms with Crippen molar-refractivity contribution in [3.05, 3.63) is 52.7 Å². The van der Waals surface area contributed by atoms with Crippen LogP contribution in [-0.4, -0.2) is 57.9 Å². The highest BCUT2D eigenvalue weighted by Gasteiger charge is 2.69. The molecule has 1 aliphatic heterocycles. The van der Waals surface area contributed by atoms with Crippen molar-refractivity contribution in [1.29, 1.82) is 5.41 Å². The van der Waals surface area contributed by atoms with E-state index in [4.69, 9.17) is 27.2 Å². The van der Waals surface area contributed by atoms with E-state index >= 15 is 0 Å². The van der Waals surface area contributed by atoms with Crippen LogP contribution >= 0.6 is 23.4 Å². The van der Waals surface area contributed by atoms with E-state index in [-0.39, 0.29) is 5.41 Å². The Morgan fingerprint density at radius 3 is 2.77 bits per heavy atom. The number of nitrogens with two attached hydrogens (primary N) is 1. The number of hydrogen-bond donors (Lipinski definition) is 2. The van der Waals surface area contributed by atoms with Gasteiger partial charge in [0.05, 0.1) is 12.7 Å². The molecule has 4 rings (SSSR count). The van der Waals surface area contributed by atoms with Crippen LogP contribution in [0.2, 0.25) is 5.02 Å². The summed E-state index contributed by atoms with van der Waals surface area (Å²) in [5, 5.41) is 9.53. The lowest BCUT2D eigenvalue weighted by Crippen LogP contribution is -2.30. The molecule has 1 aliphatic carbocycles. The predicted octanol–water partition coefficient (Wildman–Crippen LogP) is 3.71. The van der Waals surface area contributed by atoms with E-state index in [1.807, 2.05) is 19.1 Å². The quantitative estimate of drug-likeness (QED) is 0.306. The second kappa shape index (κ2) is 8.02. The maximum Gasteiger partial charge on any atom is 0.290 e. The third-order valence-electron chi connectivity index (χ3n) is 6.69. The van der Waals surface area contributed by atoms with Gasteiger partial charge < -0.3 is 15.1 Å². The lowest BCUT2D eigenvalue weighted by atomic mass is 9.90. The number of rotatable bonds is 6. The van der Waals surface area contributed by atoms with Gasteiger partial charge in [0.25, 0.3) is 11.0 Å². The molecule has 6 nitrogen and oxygen atoms in total. The SMILES string of the molecule is Cc1ncoc1C(N)=[N+](C)C(=N)SCCCN1C[C@@]2(C)C[C@@]2(c2ccc(Cl)cc2)C1. The van der Waals surface area contributed by atoms with Crippen LogP contribution < -0.4 is 5.73 Å². The number of benzene rings is 1. The average molecular weight is 447 g/mol. The van der Waals surface area contributed by atoms with Gasteiger partial charge in [-0.3, -0.25) is 0 Å². The first-order chi connectivity index (χ1) is 14.3. The van der Waals surface area contributed by atoms with Crippen LogP contribution in [0.3, 0.4) is 0 Å². The van der Waals surface area contributed by atoms with Crippen LogP contribution in [-0.2, 0) is 5.41 Å². The fourth-order valence-corrected chi connectivity index (χ4v) is 5.72. The maximum absolute atomic E-state index is 8.32. The molecule has 1 saturated carbocycles. The standard InChI is InChI=1S/C22H28ClN5OS/c1-15-18(29-14-26-15)19(24)27(3)20(25)30-10-4-9-28-12-21(2)11-22(21,13-28)16-5-7-17(23)8-6-16/h5-8,14,24-25H,4,9-13H2,1-3H3/p+1/t21-,22+/m1/s1. The van der Waals surface area contributed by atoms with E-state index in [2.05, 4.69) is 28.9 Å². The smallest absolute Gasteiger partial charge is 0.290 e. The van der Waals surface area contributed by atoms with E-state index in [1.54, 1.807) is 11.6 Å². The minimum Gasteiger partial charge on any atom is -0.437 e. The highest BCUT2D eigenvalue weighted by atomic mass is 35.5. The van der Waals surface area contributed by atoms with E-state index < -0.39 is 0 Å². The van der Waals surface area contributed by atoms with Crippen LogP contribution in [0.4, 0.5) is 0 Å². The number of nitrogens with zero attached hydrogens (tertiary/aromatic N) is 3. The number of aromatic nitrogens is 1. The Morgan fingerprint density at radius 1 is 1.37 bits per heavy atom. The molecular weight excluding hydrogens is 418 g/mol. The van der Waals surface area contributed by atoms with Gasteiger partial charge in [-0.05, 0) is 49.4 Å². The van der Waals surface area contributed by atoms with E-state index in [1.165, 1.54) is 30.1 Å². The molecule has 0 spiro atoms. The fraction of sp³-hybridized carbons (Fsp3) is 0.500. The largest absolute Gasteiger partial charge is 0.437 e. The number of halogens is 1. The molecule has 2 heterocycles. The van der Waals surface area contributed by atoms with Gasteiger partial charge in [-0.25, -0.2) is 9.56 Å². The minimum absolute atomic E-state index is 0.288. The van der Waals surface area contributed by atoms with Crippen molar-refractivity contribution in [2.45, 2.75) is 32.1 Å². The Kier molecular flexibility index (Phi) is 5.72. The minimum atomic E-state index is 0.288. The van der Waals surface area contributed by atoms with E-state index in [0.29, 0.717) is 22.2 Å². The summed E-state index contributed by atoms with van der Waals surface area (Å²) in [6.45, 7) is 7.55. The zero-order valence-corrected chi connectivity index (χ0v) is 19.3. The number of fused-ring (bicyclic) bond motifs is 1. The molecule has 0 unspecified atom stereocenters. The number of hydrogen-bond acceptors (Lipinski definition) is 5. The first kappa shape index (κ1) is 21.4. The Bertz CT molecular complexity index is 988. The van der Waals surface area contributed by atoms with Crippen molar-refractivity contribution in [3.8, 4) is 0 Å². The maximum atomic E-state index is 8.32. The average Bonchev–Trinajstić information content (AvgIpc) is 2.99. The van der Waals surface area contributed by atoms with Gasteiger partial charge in [0, 0.05) is 29.3 Å². The van der Waals surface area contributed by atoms with Crippen molar-refractivity contribution in [3.63, 3.8) is 0 Å². The summed E-state index contributed by atoms with van der Waals surface area (Å²) in [7, 11) is 1.79. The summed E-state index contributed by atoms with van der Waals surface area (Å²) in [5.41, 5.74) is 8.95. The van der Waals surface area contributed by atoms with Gasteiger partial charge >= 0.3 is 0 Å². The van der Waals surface area contributed by atoms with Crippen LogP contribution in [0.25, 0.3) is 0 Å². The molecule has 30 heavy (non-hydrogen) atoms. The van der Waals surface area contributed by atoms with Crippen molar-refractivity contribution in [2.24, 2.45) is 11.1 Å². The van der Waals surface area contributed by atoms with Gasteiger partial charge in [0.15, 0.2) is 6.39 Å². The third kappa shape index (κ3) is 3.79. The molecule has 0 bridgehead atoms. The molecule has 1 aromatic heterocycles. The molecule has 0 amide bonds. The summed E-state index contributed by atoms with van der Waals surface area (Å²) < 4.78 is 6.98. The monoisotopic (exact) mass is 446 g/mol. The molecule has 2 aliphatic rings. The first-order valence-electron chi connectivity index (χ1n) is 10.2. The number of thioether (sulfide) groups is 1. The van der Waals surface area contributed by atoms with Crippen LogP contribution in [0, 0.1) is 17.7 Å². The summed E-state index contributed by atoms with van der Waals surface area (Å²) in [4.78, 5) is 6.64. The molecule has 8 heteroatoms. The zero-order valence-electron chi connectivity index (χ0n) is 17.7. The highest BCUT2D eigenvalue weighted by Crippen LogP contribution is 2.68. The van der Waals surface area contributed by atoms with E-state index in [0.717, 1.165) is 42.5 Å². The van der Waals surface area contributed by atoms with Gasteiger partial charge in [-0.1, -0.05) is 42.4 Å². The Hall–Kier alpha value is -1.83. The van der Waals surface area contributed by atoms with Gasteiger partial charge in [-0.2, -0.15) is 5.41 Å². The Morgan fingerprint density at radius 2 is 2.10 bits per heavy atom. The number of oxazole rings is 1. The summed E-state index contributed by atoms with van der Waals surface area (Å²) in [6.07, 6.45) is 3.67. The van der Waals surface area contributed by atoms with Gasteiger partial charge in [-0.15, -0.1) is 0 Å². The molecule has 1 aromatic carbocycles. The van der Waals surface area contributed by atoms with Crippen LogP contribution in [0.5, 0.6) is 0 Å². The molecule has 2 atom stereocenters. The van der Waals surface area contributed by atoms with Crippen LogP contribution in [0.15, 0.2) is 35.1 Å². The number of nitrogens with one attached hydrogen (secondary N) is 1. The van der Waals surface area contributed by atoms with Gasteiger partial charge in [0.1, 0.15) is 0 Å². The molecular formula is C22H29ClN5OS+. The van der Waals surface area contributed by atoms with Gasteiger partial charge in [0.2, 0.25) is 5.76 Å². The van der Waals surface area contributed by atoms with Crippen LogP contribution in [0.1, 0.15) is 36.8 Å². The van der Waals surface area contributed by atoms with Crippen molar-refractivity contribution < 1.29 is 8.99 Å². The summed E-state index contributed by atoms with van der Waals surface area (Å²) >= 11 is 7.59. The normalized spacial score (nSPS) is 26.4. The second-order valence-electron chi connectivity index (χ2n) is 8.76. The van der Waals surface area contributed by atoms with Crippen molar-refractivity contribution >= 4 is 34.4 Å². The van der Waals surface area contributed by atoms with Crippen molar-refractivity contribution in [2.75, 3.05) is 32.4 Å². The molecule has 0 radical (unpaired) electrons. The molecule has 1 saturated heterocycles. The lowest BCUT2D eigenvalue weighted by molar-refractivity contribution is -0.366. The third-order valence-corrected chi connectivity index (χ3v) is 7.98. The number of likely N-dealkylation sites (tertiary alicyclic amines) is 1. The Labute approximate surface area is 187 Å². The zero-order chi connectivity index (χ0) is 21.5. The first-order valence-corrected chi connectivity index (χ1v) is 11.6. The molecule has 160 valence electrons. The number of piperidine rings is 1. The number of aryl methyl sites for hydroxylation is 1. The Balaban J connectivity index is 1.27. The summed E-state index contributed by atoms with van der Waals surface area (Å²) in [5.74, 6) is 1.83. The molecule has 3 N–H and O–H groups in total. The highest BCUT2D eigenvalue weighted by molar-refractivity contribution is 8.13.